The van der Waals surface area contributed by atoms with Gasteiger partial charge in [0.05, 0.1) is 23.6 Å². The molecule has 0 amide bonds. The van der Waals surface area contributed by atoms with E-state index in [-0.39, 0.29) is 11.4 Å². The highest BCUT2D eigenvalue weighted by Crippen LogP contribution is 2.53. The van der Waals surface area contributed by atoms with Crippen molar-refractivity contribution in [3.8, 4) is 0 Å². The van der Waals surface area contributed by atoms with Gasteiger partial charge in [-0.2, -0.15) is 0 Å². The molecule has 1 aliphatic heterocycles. The molecular weight excluding hydrogens is 512 g/mol. The zero-order valence-electron chi connectivity index (χ0n) is 22.8. The van der Waals surface area contributed by atoms with Gasteiger partial charge in [-0.05, 0) is 79.5 Å². The van der Waals surface area contributed by atoms with E-state index in [1.807, 2.05) is 43.7 Å². The minimum atomic E-state index is -1.96. The van der Waals surface area contributed by atoms with Crippen LogP contribution in [0, 0.1) is 25.6 Å². The summed E-state index contributed by atoms with van der Waals surface area (Å²) in [6.45, 7) is 6.41. The van der Waals surface area contributed by atoms with Crippen LogP contribution >= 0.6 is 7.14 Å². The van der Waals surface area contributed by atoms with Crippen molar-refractivity contribution in [2.75, 3.05) is 43.4 Å². The first-order valence-electron chi connectivity index (χ1n) is 13.7. The largest absolute Gasteiger partial charge is 0.325 e. The highest BCUT2D eigenvalue weighted by Gasteiger charge is 2.34. The Bertz CT molecular complexity index is 1710. The quantitative estimate of drug-likeness (QED) is 0.277. The van der Waals surface area contributed by atoms with E-state index < -0.39 is 7.14 Å². The summed E-state index contributed by atoms with van der Waals surface area (Å²) in [5, 5.41) is 4.77. The molecule has 1 aliphatic carbocycles. The van der Waals surface area contributed by atoms with Gasteiger partial charge in [-0.25, -0.2) is 9.37 Å². The third kappa shape index (κ3) is 5.20. The van der Waals surface area contributed by atoms with Crippen LogP contribution in [-0.2, 0) is 11.6 Å². The van der Waals surface area contributed by atoms with Gasteiger partial charge in [0.1, 0.15) is 5.82 Å². The fourth-order valence-electron chi connectivity index (χ4n) is 5.76. The SMILES string of the molecule is Cc1cc(F)ccc1Nc1nc2ccc3c(C)c(C=CCN4CCP(=O)(CC5CC5)CC4)[nH]c(=O)c3c2n1C. The Morgan fingerprint density at radius 3 is 2.67 bits per heavy atom. The number of aromatic amines is 1. The Hall–Kier alpha value is -3.22. The molecule has 1 saturated carbocycles. The van der Waals surface area contributed by atoms with E-state index in [2.05, 4.69) is 21.3 Å². The molecule has 0 radical (unpaired) electrons. The molecule has 1 saturated heterocycles. The second-order valence-corrected chi connectivity index (χ2v) is 14.6. The summed E-state index contributed by atoms with van der Waals surface area (Å²) in [5.74, 6) is 1.02. The highest BCUT2D eigenvalue weighted by atomic mass is 31.2. The van der Waals surface area contributed by atoms with Crippen molar-refractivity contribution in [1.82, 2.24) is 19.4 Å². The average molecular weight is 548 g/mol. The number of halogens is 1. The number of pyridine rings is 1. The first-order chi connectivity index (χ1) is 18.7. The molecule has 39 heavy (non-hydrogen) atoms. The van der Waals surface area contributed by atoms with Gasteiger partial charge in [0.2, 0.25) is 5.95 Å². The first-order valence-corrected chi connectivity index (χ1v) is 16.0. The predicted octanol–water partition coefficient (Wildman–Crippen LogP) is 6.02. The van der Waals surface area contributed by atoms with Crippen molar-refractivity contribution in [3.63, 3.8) is 0 Å². The molecule has 7 nitrogen and oxygen atoms in total. The van der Waals surface area contributed by atoms with Crippen LogP contribution in [0.4, 0.5) is 16.0 Å². The lowest BCUT2D eigenvalue weighted by atomic mass is 10.0. The normalized spacial score (nSPS) is 17.9. The standard InChI is InChI=1S/C30H35FN5O2P/c1-19-17-22(31)8-10-24(19)33-30-34-26-11-9-23-20(2)25(32-29(37)27(23)28(26)35(30)3)5-4-12-36-13-15-39(38,16-14-36)18-21-6-7-21/h4-5,8-11,17,21H,6-7,12-16,18H2,1-3H3,(H,32,37)(H,33,34). The zero-order chi connectivity index (χ0) is 27.3. The molecule has 2 N–H and O–H groups in total. The van der Waals surface area contributed by atoms with Crippen molar-refractivity contribution in [2.45, 2.75) is 26.7 Å². The lowest BCUT2D eigenvalue weighted by molar-refractivity contribution is 0.326. The molecule has 2 aliphatic rings. The maximum absolute atomic E-state index is 13.6. The van der Waals surface area contributed by atoms with Crippen molar-refractivity contribution >= 4 is 46.7 Å². The lowest BCUT2D eigenvalue weighted by Gasteiger charge is -2.31. The third-order valence-corrected chi connectivity index (χ3v) is 11.5. The number of hydrogen-bond acceptors (Lipinski definition) is 5. The lowest BCUT2D eigenvalue weighted by Crippen LogP contribution is -2.35. The van der Waals surface area contributed by atoms with Crippen LogP contribution < -0.4 is 10.9 Å². The van der Waals surface area contributed by atoms with E-state index in [9.17, 15) is 13.8 Å². The predicted molar refractivity (Wildman–Crippen MR) is 158 cm³/mol. The molecule has 2 fully saturated rings. The number of fused-ring (bicyclic) bond motifs is 3. The minimum absolute atomic E-state index is 0.160. The Kier molecular flexibility index (Phi) is 6.72. The number of benzene rings is 2. The monoisotopic (exact) mass is 547 g/mol. The summed E-state index contributed by atoms with van der Waals surface area (Å²) in [6.07, 6.45) is 9.24. The van der Waals surface area contributed by atoms with E-state index in [4.69, 9.17) is 4.98 Å². The van der Waals surface area contributed by atoms with Crippen molar-refractivity contribution in [3.05, 3.63) is 69.4 Å². The van der Waals surface area contributed by atoms with Crippen molar-refractivity contribution in [1.29, 1.82) is 0 Å². The third-order valence-electron chi connectivity index (χ3n) is 8.34. The molecule has 2 aromatic heterocycles. The molecule has 0 atom stereocenters. The smallest absolute Gasteiger partial charge is 0.258 e. The second-order valence-electron chi connectivity index (χ2n) is 11.3. The molecule has 204 valence electrons. The van der Waals surface area contributed by atoms with Crippen LogP contribution in [0.25, 0.3) is 27.9 Å². The van der Waals surface area contributed by atoms with Crippen LogP contribution in [0.15, 0.2) is 41.2 Å². The van der Waals surface area contributed by atoms with E-state index in [1.54, 1.807) is 6.07 Å². The van der Waals surface area contributed by atoms with Crippen LogP contribution in [-0.4, -0.2) is 57.6 Å². The molecular formula is C30H35FN5O2P. The van der Waals surface area contributed by atoms with Gasteiger partial charge < -0.3 is 19.4 Å². The number of aromatic nitrogens is 3. The molecule has 4 aromatic rings. The number of aryl methyl sites for hydroxylation is 3. The Morgan fingerprint density at radius 2 is 1.95 bits per heavy atom. The van der Waals surface area contributed by atoms with Gasteiger partial charge in [0.15, 0.2) is 0 Å². The molecule has 0 bridgehead atoms. The van der Waals surface area contributed by atoms with E-state index in [0.717, 1.165) is 77.4 Å². The summed E-state index contributed by atoms with van der Waals surface area (Å²) >= 11 is 0. The number of nitrogens with zero attached hydrogens (tertiary/aromatic N) is 3. The fraction of sp³-hybridized carbons (Fsp3) is 0.400. The molecule has 9 heteroatoms. The molecule has 0 unspecified atom stereocenters. The van der Waals surface area contributed by atoms with Crippen molar-refractivity contribution in [2.24, 2.45) is 13.0 Å². The molecule has 2 aromatic carbocycles. The summed E-state index contributed by atoms with van der Waals surface area (Å²) in [6, 6.07) is 8.47. The number of H-pyrrole nitrogens is 1. The summed E-state index contributed by atoms with van der Waals surface area (Å²) < 4.78 is 28.5. The number of imidazole rings is 1. The Balaban J connectivity index is 1.24. The van der Waals surface area contributed by atoms with Gasteiger partial charge in [-0.3, -0.25) is 9.69 Å². The average Bonchev–Trinajstić information content (AvgIpc) is 3.65. The van der Waals surface area contributed by atoms with Gasteiger partial charge in [0, 0.05) is 56.5 Å². The van der Waals surface area contributed by atoms with Crippen LogP contribution in [0.5, 0.6) is 0 Å². The van der Waals surface area contributed by atoms with Crippen LogP contribution in [0.1, 0.15) is 29.7 Å². The topological polar surface area (TPSA) is 83.0 Å². The van der Waals surface area contributed by atoms with Gasteiger partial charge in [-0.1, -0.05) is 12.1 Å². The van der Waals surface area contributed by atoms with E-state index >= 15 is 0 Å². The van der Waals surface area contributed by atoms with Crippen LogP contribution in [0.2, 0.25) is 0 Å². The van der Waals surface area contributed by atoms with Gasteiger partial charge in [0.25, 0.3) is 5.56 Å². The molecule has 3 heterocycles. The maximum Gasteiger partial charge on any atom is 0.258 e. The molecule has 0 spiro atoms. The summed E-state index contributed by atoms with van der Waals surface area (Å²) in [4.78, 5) is 23.5. The van der Waals surface area contributed by atoms with E-state index in [0.29, 0.717) is 16.9 Å². The molecule has 6 rings (SSSR count). The van der Waals surface area contributed by atoms with Gasteiger partial charge in [-0.15, -0.1) is 0 Å². The zero-order valence-corrected chi connectivity index (χ0v) is 23.7. The second kappa shape index (κ2) is 10.1. The Labute approximate surface area is 227 Å². The van der Waals surface area contributed by atoms with Crippen LogP contribution in [0.3, 0.4) is 0 Å². The summed E-state index contributed by atoms with van der Waals surface area (Å²) in [7, 11) is -0.0879. The minimum Gasteiger partial charge on any atom is -0.325 e. The van der Waals surface area contributed by atoms with Crippen molar-refractivity contribution < 1.29 is 8.96 Å². The van der Waals surface area contributed by atoms with Gasteiger partial charge >= 0.3 is 0 Å². The number of anilines is 2. The summed E-state index contributed by atoms with van der Waals surface area (Å²) in [5.41, 5.74) is 4.63. The number of nitrogens with one attached hydrogen (secondary N) is 2. The Morgan fingerprint density at radius 1 is 1.18 bits per heavy atom. The van der Waals surface area contributed by atoms with E-state index in [1.165, 1.54) is 25.0 Å². The number of hydrogen-bond donors (Lipinski definition) is 2. The maximum atomic E-state index is 13.6. The fourth-order valence-corrected chi connectivity index (χ4v) is 8.95. The first kappa shape index (κ1) is 26.0. The highest BCUT2D eigenvalue weighted by molar-refractivity contribution is 7.64. The number of rotatable bonds is 7.